The molecule has 1 saturated carbocycles. The molecule has 1 aliphatic carbocycles. The van der Waals surface area contributed by atoms with Gasteiger partial charge >= 0.3 is 0 Å². The molecule has 4 atom stereocenters. The largest absolute Gasteiger partial charge is 0.372 e. The highest BCUT2D eigenvalue weighted by Crippen LogP contribution is 2.48. The van der Waals surface area contributed by atoms with E-state index >= 15 is 0 Å². The monoisotopic (exact) mass is 340 g/mol. The molecule has 0 spiro atoms. The average Bonchev–Trinajstić information content (AvgIpc) is 3.07. The Kier molecular flexibility index (Phi) is 4.06. The van der Waals surface area contributed by atoms with Gasteiger partial charge in [0.05, 0.1) is 0 Å². The number of carbonyl (C=O) groups is 1. The Morgan fingerprint density at radius 1 is 1.08 bits per heavy atom. The van der Waals surface area contributed by atoms with Crippen molar-refractivity contribution in [1.82, 2.24) is 10.6 Å². The second-order valence-corrected chi connectivity index (χ2v) is 6.94. The average molecular weight is 340 g/mol. The van der Waals surface area contributed by atoms with E-state index in [0.29, 0.717) is 35.4 Å². The number of nitrogens with one attached hydrogen (secondary N) is 2. The van der Waals surface area contributed by atoms with Gasteiger partial charge in [0, 0.05) is 6.54 Å². The molecule has 2 aliphatic rings. The number of amides is 1. The maximum atomic E-state index is 13.3. The van der Waals surface area contributed by atoms with Gasteiger partial charge in [0.2, 0.25) is 0 Å². The summed E-state index contributed by atoms with van der Waals surface area (Å²) in [6, 6.07) is 14.2. The van der Waals surface area contributed by atoms with Crippen LogP contribution in [0.1, 0.15) is 11.1 Å². The predicted octanol–water partition coefficient (Wildman–Crippen LogP) is 1.64. The lowest BCUT2D eigenvalue weighted by molar-refractivity contribution is -0.136. The third-order valence-corrected chi connectivity index (χ3v) is 5.55. The van der Waals surface area contributed by atoms with E-state index in [2.05, 4.69) is 10.6 Å². The molecular weight excluding hydrogens is 319 g/mol. The van der Waals surface area contributed by atoms with Crippen LogP contribution in [0.2, 0.25) is 0 Å². The van der Waals surface area contributed by atoms with Crippen molar-refractivity contribution in [2.24, 2.45) is 17.8 Å². The van der Waals surface area contributed by atoms with Crippen molar-refractivity contribution in [3.63, 3.8) is 0 Å². The van der Waals surface area contributed by atoms with Gasteiger partial charge in [-0.05, 0) is 54.1 Å². The Morgan fingerprint density at radius 3 is 2.32 bits per heavy atom. The van der Waals surface area contributed by atoms with Crippen LogP contribution < -0.4 is 10.6 Å². The summed E-state index contributed by atoms with van der Waals surface area (Å²) in [6.07, 6.45) is 0. The van der Waals surface area contributed by atoms with Crippen LogP contribution >= 0.6 is 0 Å². The summed E-state index contributed by atoms with van der Waals surface area (Å²) < 4.78 is 13.3. The molecule has 25 heavy (non-hydrogen) atoms. The zero-order chi connectivity index (χ0) is 17.4. The number of hydrogen-bond acceptors (Lipinski definition) is 3. The van der Waals surface area contributed by atoms with E-state index in [1.54, 1.807) is 24.3 Å². The first-order valence-electron chi connectivity index (χ1n) is 8.63. The van der Waals surface area contributed by atoms with Gasteiger partial charge in [-0.1, -0.05) is 42.5 Å². The van der Waals surface area contributed by atoms with Crippen LogP contribution in [-0.4, -0.2) is 30.6 Å². The van der Waals surface area contributed by atoms with Gasteiger partial charge in [-0.15, -0.1) is 0 Å². The van der Waals surface area contributed by atoms with E-state index in [0.717, 1.165) is 13.1 Å². The Labute approximate surface area is 146 Å². The number of piperidine rings is 1. The number of carbonyl (C=O) groups excluding carboxylic acids is 1. The molecule has 1 amide bonds. The summed E-state index contributed by atoms with van der Waals surface area (Å²) in [5.74, 6) is 0.881. The molecule has 1 aliphatic heterocycles. The van der Waals surface area contributed by atoms with Crippen molar-refractivity contribution < 1.29 is 14.3 Å². The fraction of sp³-hybridized carbons (Fsp3) is 0.350. The molecule has 2 aromatic carbocycles. The number of rotatable bonds is 5. The molecule has 130 valence electrons. The minimum atomic E-state index is -1.84. The highest BCUT2D eigenvalue weighted by atomic mass is 19.1. The molecule has 0 radical (unpaired) electrons. The molecule has 3 N–H and O–H groups in total. The van der Waals surface area contributed by atoms with Crippen LogP contribution in [0.3, 0.4) is 0 Å². The fourth-order valence-electron chi connectivity index (χ4n) is 3.99. The summed E-state index contributed by atoms with van der Waals surface area (Å²) in [5.41, 5.74) is -1.01. The van der Waals surface area contributed by atoms with E-state index in [-0.39, 0.29) is 0 Å². The predicted molar refractivity (Wildman–Crippen MR) is 92.2 cm³/mol. The fourth-order valence-corrected chi connectivity index (χ4v) is 3.99. The van der Waals surface area contributed by atoms with E-state index in [9.17, 15) is 14.3 Å². The number of benzene rings is 2. The van der Waals surface area contributed by atoms with Crippen LogP contribution in [0.25, 0.3) is 0 Å². The number of halogens is 1. The molecule has 2 fully saturated rings. The van der Waals surface area contributed by atoms with Gasteiger partial charge in [0.25, 0.3) is 5.91 Å². The molecule has 1 heterocycles. The molecule has 1 saturated heterocycles. The highest BCUT2D eigenvalue weighted by Gasteiger charge is 2.53. The molecule has 1 unspecified atom stereocenters. The lowest BCUT2D eigenvalue weighted by Crippen LogP contribution is -2.46. The maximum Gasteiger partial charge on any atom is 0.261 e. The minimum Gasteiger partial charge on any atom is -0.372 e. The first-order valence-corrected chi connectivity index (χ1v) is 8.63. The van der Waals surface area contributed by atoms with Crippen LogP contribution in [0.15, 0.2) is 54.6 Å². The van der Waals surface area contributed by atoms with Crippen molar-refractivity contribution in [2.75, 3.05) is 19.6 Å². The van der Waals surface area contributed by atoms with Crippen molar-refractivity contribution in [3.8, 4) is 0 Å². The molecule has 0 aromatic heterocycles. The molecule has 4 rings (SSSR count). The third-order valence-electron chi connectivity index (χ3n) is 5.55. The SMILES string of the molecule is O=C(NCC1[C@H]2CNC[C@@H]12)[C@](O)(c1ccccc1)c1ccc(F)cc1. The lowest BCUT2D eigenvalue weighted by Gasteiger charge is -2.28. The van der Waals surface area contributed by atoms with Crippen molar-refractivity contribution in [1.29, 1.82) is 0 Å². The van der Waals surface area contributed by atoms with Gasteiger partial charge < -0.3 is 15.7 Å². The van der Waals surface area contributed by atoms with E-state index in [1.807, 2.05) is 6.07 Å². The highest BCUT2D eigenvalue weighted by molar-refractivity contribution is 5.90. The van der Waals surface area contributed by atoms with Crippen LogP contribution in [0.5, 0.6) is 0 Å². The first-order chi connectivity index (χ1) is 12.1. The third kappa shape index (κ3) is 2.83. The summed E-state index contributed by atoms with van der Waals surface area (Å²) in [6.45, 7) is 2.57. The Morgan fingerprint density at radius 2 is 1.68 bits per heavy atom. The van der Waals surface area contributed by atoms with Gasteiger partial charge in [0.15, 0.2) is 5.60 Å². The smallest absolute Gasteiger partial charge is 0.261 e. The van der Waals surface area contributed by atoms with Crippen molar-refractivity contribution in [3.05, 3.63) is 71.5 Å². The molecule has 5 heteroatoms. The summed E-state index contributed by atoms with van der Waals surface area (Å²) >= 11 is 0. The number of hydrogen-bond donors (Lipinski definition) is 3. The topological polar surface area (TPSA) is 61.4 Å². The van der Waals surface area contributed by atoms with E-state index in [4.69, 9.17) is 0 Å². The van der Waals surface area contributed by atoms with Crippen LogP contribution in [-0.2, 0) is 10.4 Å². The second kappa shape index (κ2) is 6.24. The quantitative estimate of drug-likeness (QED) is 0.776. The lowest BCUT2D eigenvalue weighted by atomic mass is 9.85. The van der Waals surface area contributed by atoms with Gasteiger partial charge in [0.1, 0.15) is 5.82 Å². The molecule has 0 bridgehead atoms. The molecular formula is C20H21FN2O2. The van der Waals surface area contributed by atoms with E-state index < -0.39 is 17.3 Å². The van der Waals surface area contributed by atoms with Gasteiger partial charge in [-0.2, -0.15) is 0 Å². The summed E-state index contributed by atoms with van der Waals surface area (Å²) in [4.78, 5) is 12.9. The number of fused-ring (bicyclic) bond motifs is 1. The second-order valence-electron chi connectivity index (χ2n) is 6.94. The minimum absolute atomic E-state index is 0.357. The van der Waals surface area contributed by atoms with E-state index in [1.165, 1.54) is 24.3 Å². The van der Waals surface area contributed by atoms with Crippen molar-refractivity contribution >= 4 is 5.91 Å². The zero-order valence-electron chi connectivity index (χ0n) is 13.8. The molecule has 4 nitrogen and oxygen atoms in total. The normalized spacial score (nSPS) is 26.6. The zero-order valence-corrected chi connectivity index (χ0v) is 13.8. The van der Waals surface area contributed by atoms with Gasteiger partial charge in [-0.25, -0.2) is 4.39 Å². The van der Waals surface area contributed by atoms with Crippen LogP contribution in [0, 0.1) is 23.6 Å². The Balaban J connectivity index is 1.58. The Bertz CT molecular complexity index is 755. The molecule has 2 aromatic rings. The van der Waals surface area contributed by atoms with Crippen LogP contribution in [0.4, 0.5) is 4.39 Å². The standard InChI is InChI=1S/C20H21FN2O2/c21-15-8-6-14(7-9-15)20(25,13-4-2-1-3-5-13)19(24)23-12-18-16-10-22-11-17(16)18/h1-9,16-18,22,25H,10-12H2,(H,23,24)/t16-,17+,18?,20-/m0/s1. The Hall–Kier alpha value is -2.24. The summed E-state index contributed by atoms with van der Waals surface area (Å²) in [5, 5.41) is 17.5. The van der Waals surface area contributed by atoms with Crippen molar-refractivity contribution in [2.45, 2.75) is 5.60 Å². The maximum absolute atomic E-state index is 13.3. The first kappa shape index (κ1) is 16.2. The number of aliphatic hydroxyl groups is 1. The van der Waals surface area contributed by atoms with Gasteiger partial charge in [-0.3, -0.25) is 4.79 Å². The summed E-state index contributed by atoms with van der Waals surface area (Å²) in [7, 11) is 0.